The van der Waals surface area contributed by atoms with Gasteiger partial charge in [-0.05, 0) is 36.2 Å². The first kappa shape index (κ1) is 21.8. The van der Waals surface area contributed by atoms with E-state index in [1.165, 1.54) is 4.31 Å². The molecule has 0 unspecified atom stereocenters. The quantitative estimate of drug-likeness (QED) is 0.689. The number of hydrogen-bond acceptors (Lipinski definition) is 6. The molecule has 0 radical (unpaired) electrons. The number of amides is 1. The van der Waals surface area contributed by atoms with E-state index in [0.29, 0.717) is 44.2 Å². The van der Waals surface area contributed by atoms with Crippen LogP contribution in [0.5, 0.6) is 5.75 Å². The molecular formula is C21H23N3O5S. The van der Waals surface area contributed by atoms with Gasteiger partial charge in [0, 0.05) is 31.3 Å². The molecule has 1 saturated heterocycles. The molecule has 1 N–H and O–H groups in total. The Bertz CT molecular complexity index is 1010. The summed E-state index contributed by atoms with van der Waals surface area (Å²) in [4.78, 5) is 12.5. The number of ether oxygens (including phenoxy) is 2. The summed E-state index contributed by atoms with van der Waals surface area (Å²) < 4.78 is 37.1. The molecule has 1 fully saturated rings. The number of nitrogens with zero attached hydrogens (tertiary/aromatic N) is 2. The van der Waals surface area contributed by atoms with Crippen LogP contribution in [0.15, 0.2) is 53.4 Å². The molecule has 2 aromatic carbocycles. The minimum Gasteiger partial charge on any atom is -0.479 e. The van der Waals surface area contributed by atoms with E-state index in [0.717, 1.165) is 5.56 Å². The second kappa shape index (κ2) is 10.2. The van der Waals surface area contributed by atoms with E-state index in [2.05, 4.69) is 5.32 Å². The summed E-state index contributed by atoms with van der Waals surface area (Å²) in [5, 5.41) is 11.4. The van der Waals surface area contributed by atoms with E-state index in [1.807, 2.05) is 6.07 Å². The van der Waals surface area contributed by atoms with Crippen molar-refractivity contribution in [3.05, 3.63) is 54.1 Å². The normalized spacial score (nSPS) is 14.6. The third-order valence-corrected chi connectivity index (χ3v) is 6.51. The average molecular weight is 429 g/mol. The van der Waals surface area contributed by atoms with Gasteiger partial charge in [-0.3, -0.25) is 4.79 Å². The van der Waals surface area contributed by atoms with Crippen LogP contribution in [-0.2, 0) is 26.0 Å². The Morgan fingerprint density at radius 1 is 1.17 bits per heavy atom. The number of carbonyl (C=O) groups excluding carboxylic acids is 1. The smallest absolute Gasteiger partial charge is 0.243 e. The molecule has 158 valence electrons. The van der Waals surface area contributed by atoms with Crippen molar-refractivity contribution in [2.45, 2.75) is 17.7 Å². The highest BCUT2D eigenvalue weighted by molar-refractivity contribution is 7.89. The molecule has 8 nitrogen and oxygen atoms in total. The first-order valence-corrected chi connectivity index (χ1v) is 11.0. The summed E-state index contributed by atoms with van der Waals surface area (Å²) in [6.45, 7) is 1.45. The van der Waals surface area contributed by atoms with Crippen LogP contribution in [0.3, 0.4) is 0 Å². The van der Waals surface area contributed by atoms with Crippen molar-refractivity contribution in [2.75, 3.05) is 38.2 Å². The maximum Gasteiger partial charge on any atom is 0.243 e. The summed E-state index contributed by atoms with van der Waals surface area (Å²) in [6, 6.07) is 15.3. The Kier molecular flexibility index (Phi) is 7.41. The van der Waals surface area contributed by atoms with E-state index in [-0.39, 0.29) is 23.8 Å². The SMILES string of the molecule is N#CCOc1cccc(NC(=O)CCc2ccc(S(=O)(=O)N3CCOCC3)cc2)c1. The van der Waals surface area contributed by atoms with Crippen molar-refractivity contribution in [2.24, 2.45) is 0 Å². The molecule has 0 spiro atoms. The summed E-state index contributed by atoms with van der Waals surface area (Å²) in [7, 11) is -3.52. The molecule has 2 aromatic rings. The van der Waals surface area contributed by atoms with Gasteiger partial charge in [0.2, 0.25) is 15.9 Å². The van der Waals surface area contributed by atoms with E-state index in [1.54, 1.807) is 48.5 Å². The van der Waals surface area contributed by atoms with Crippen LogP contribution in [0.4, 0.5) is 5.69 Å². The first-order chi connectivity index (χ1) is 14.5. The Morgan fingerprint density at radius 3 is 2.60 bits per heavy atom. The third-order valence-electron chi connectivity index (χ3n) is 4.59. The lowest BCUT2D eigenvalue weighted by molar-refractivity contribution is -0.116. The number of rotatable bonds is 8. The number of morpholine rings is 1. The fourth-order valence-electron chi connectivity index (χ4n) is 3.02. The van der Waals surface area contributed by atoms with E-state index < -0.39 is 10.0 Å². The lowest BCUT2D eigenvalue weighted by atomic mass is 10.1. The Labute approximate surface area is 176 Å². The van der Waals surface area contributed by atoms with Gasteiger partial charge in [0.15, 0.2) is 6.61 Å². The van der Waals surface area contributed by atoms with Crippen LogP contribution in [0, 0.1) is 11.3 Å². The van der Waals surface area contributed by atoms with E-state index >= 15 is 0 Å². The second-order valence-electron chi connectivity index (χ2n) is 6.68. The molecule has 1 aliphatic rings. The fourth-order valence-corrected chi connectivity index (χ4v) is 4.43. The lowest BCUT2D eigenvalue weighted by Crippen LogP contribution is -2.40. The number of hydrogen-bond donors (Lipinski definition) is 1. The zero-order valence-corrected chi connectivity index (χ0v) is 17.2. The van der Waals surface area contributed by atoms with Gasteiger partial charge in [-0.2, -0.15) is 9.57 Å². The highest BCUT2D eigenvalue weighted by atomic mass is 32.2. The van der Waals surface area contributed by atoms with Crippen LogP contribution in [0.1, 0.15) is 12.0 Å². The van der Waals surface area contributed by atoms with Gasteiger partial charge in [-0.25, -0.2) is 8.42 Å². The summed E-state index contributed by atoms with van der Waals surface area (Å²) in [6.07, 6.45) is 0.729. The molecule has 1 heterocycles. The number of sulfonamides is 1. The molecule has 0 atom stereocenters. The molecule has 0 bridgehead atoms. The Balaban J connectivity index is 1.53. The Hall–Kier alpha value is -2.93. The van der Waals surface area contributed by atoms with Gasteiger partial charge >= 0.3 is 0 Å². The van der Waals surface area contributed by atoms with Crippen LogP contribution in [-0.4, -0.2) is 51.5 Å². The van der Waals surface area contributed by atoms with Crippen LogP contribution < -0.4 is 10.1 Å². The van der Waals surface area contributed by atoms with Crippen LogP contribution in [0.25, 0.3) is 0 Å². The van der Waals surface area contributed by atoms with Crippen molar-refractivity contribution in [3.8, 4) is 11.8 Å². The van der Waals surface area contributed by atoms with Gasteiger partial charge in [0.05, 0.1) is 18.1 Å². The monoisotopic (exact) mass is 429 g/mol. The third kappa shape index (κ3) is 5.79. The largest absolute Gasteiger partial charge is 0.479 e. The van der Waals surface area contributed by atoms with Gasteiger partial charge in [-0.1, -0.05) is 18.2 Å². The number of nitrogens with one attached hydrogen (secondary N) is 1. The molecule has 9 heteroatoms. The summed E-state index contributed by atoms with van der Waals surface area (Å²) in [5.74, 6) is 0.337. The summed E-state index contributed by atoms with van der Waals surface area (Å²) in [5.41, 5.74) is 1.46. The molecule has 0 aromatic heterocycles. The van der Waals surface area contributed by atoms with Gasteiger partial charge in [-0.15, -0.1) is 0 Å². The fraction of sp³-hybridized carbons (Fsp3) is 0.333. The van der Waals surface area contributed by atoms with Crippen molar-refractivity contribution < 1.29 is 22.7 Å². The van der Waals surface area contributed by atoms with Crippen LogP contribution >= 0.6 is 0 Å². The van der Waals surface area contributed by atoms with Crippen molar-refractivity contribution >= 4 is 21.6 Å². The van der Waals surface area contributed by atoms with Crippen molar-refractivity contribution in [1.82, 2.24) is 4.31 Å². The molecule has 0 saturated carbocycles. The minimum atomic E-state index is -3.52. The molecule has 30 heavy (non-hydrogen) atoms. The molecule has 1 amide bonds. The van der Waals surface area contributed by atoms with Gasteiger partial charge < -0.3 is 14.8 Å². The van der Waals surface area contributed by atoms with Gasteiger partial charge in [0.1, 0.15) is 11.8 Å². The maximum absolute atomic E-state index is 12.6. The molecule has 0 aliphatic carbocycles. The number of nitriles is 1. The number of anilines is 1. The standard InChI is InChI=1S/C21H23N3O5S/c22-10-13-29-19-3-1-2-18(16-19)23-21(25)9-6-17-4-7-20(8-5-17)30(26,27)24-11-14-28-15-12-24/h1-5,7-8,16H,6,9,11-15H2,(H,23,25). The predicted octanol–water partition coefficient (Wildman–Crippen LogP) is 2.18. The first-order valence-electron chi connectivity index (χ1n) is 9.55. The number of carbonyl (C=O) groups is 1. The van der Waals surface area contributed by atoms with Crippen molar-refractivity contribution in [1.29, 1.82) is 5.26 Å². The zero-order chi connectivity index (χ0) is 21.4. The molecule has 3 rings (SSSR count). The highest BCUT2D eigenvalue weighted by Gasteiger charge is 2.26. The topological polar surface area (TPSA) is 109 Å². The van der Waals surface area contributed by atoms with Gasteiger partial charge in [0.25, 0.3) is 0 Å². The predicted molar refractivity (Wildman–Crippen MR) is 111 cm³/mol. The number of aryl methyl sites for hydroxylation is 1. The van der Waals surface area contributed by atoms with E-state index in [4.69, 9.17) is 14.7 Å². The summed E-state index contributed by atoms with van der Waals surface area (Å²) >= 11 is 0. The Morgan fingerprint density at radius 2 is 1.90 bits per heavy atom. The molecular weight excluding hydrogens is 406 g/mol. The lowest BCUT2D eigenvalue weighted by Gasteiger charge is -2.26. The second-order valence-corrected chi connectivity index (χ2v) is 8.62. The average Bonchev–Trinajstić information content (AvgIpc) is 2.77. The minimum absolute atomic E-state index is 0.0609. The maximum atomic E-state index is 12.6. The van der Waals surface area contributed by atoms with Crippen molar-refractivity contribution in [3.63, 3.8) is 0 Å². The van der Waals surface area contributed by atoms with E-state index in [9.17, 15) is 13.2 Å². The highest BCUT2D eigenvalue weighted by Crippen LogP contribution is 2.19. The molecule has 1 aliphatic heterocycles. The zero-order valence-electron chi connectivity index (χ0n) is 16.4. The van der Waals surface area contributed by atoms with Crippen LogP contribution in [0.2, 0.25) is 0 Å². The number of benzene rings is 2.